The molecule has 34 heavy (non-hydrogen) atoms. The minimum absolute atomic E-state index is 0.138. The molecule has 198 valence electrons. The van der Waals surface area contributed by atoms with Gasteiger partial charge in [-0.05, 0) is 69.2 Å². The molecular formula is C24H44N2O8. The van der Waals surface area contributed by atoms with Crippen molar-refractivity contribution in [3.8, 4) is 0 Å². The zero-order valence-electron chi connectivity index (χ0n) is 22.3. The maximum atomic E-state index is 13.0. The van der Waals surface area contributed by atoms with Gasteiger partial charge in [0.15, 0.2) is 5.78 Å². The summed E-state index contributed by atoms with van der Waals surface area (Å²) in [6.45, 7) is 17.4. The van der Waals surface area contributed by atoms with Gasteiger partial charge >= 0.3 is 11.9 Å². The number of carboxylic acids is 1. The van der Waals surface area contributed by atoms with Gasteiger partial charge in [0.05, 0.1) is 42.3 Å². The summed E-state index contributed by atoms with van der Waals surface area (Å²) in [5, 5.41) is 11.8. The predicted octanol–water partition coefficient (Wildman–Crippen LogP) is 2.21. The normalized spacial score (nSPS) is 16.2. The first kappa shape index (κ1) is 32.0. The number of carbonyl (C=O) groups excluding carboxylic acids is 3. The van der Waals surface area contributed by atoms with E-state index in [1.54, 1.807) is 48.5 Å². The van der Waals surface area contributed by atoms with E-state index in [4.69, 9.17) is 19.9 Å². The van der Waals surface area contributed by atoms with Gasteiger partial charge in [-0.3, -0.25) is 14.4 Å². The number of nitrogens with two attached hydrogens (primary N) is 1. The van der Waals surface area contributed by atoms with Crippen molar-refractivity contribution in [2.75, 3.05) is 6.61 Å². The molecule has 0 spiro atoms. The Morgan fingerprint density at radius 1 is 0.882 bits per heavy atom. The highest BCUT2D eigenvalue weighted by Gasteiger charge is 2.34. The first-order valence-electron chi connectivity index (χ1n) is 11.5. The SMILES string of the molecule is C[C@@H](OC(C)(C)C)[C@H](N)C(=O)C[C@@H](COC(C)(C)C)C(=O)N[C@@H](CC(=O)OC(C)(C)C)C(=O)O. The molecule has 0 aromatic rings. The van der Waals surface area contributed by atoms with Crippen LogP contribution in [-0.4, -0.2) is 70.3 Å². The maximum Gasteiger partial charge on any atom is 0.326 e. The van der Waals surface area contributed by atoms with Crippen LogP contribution < -0.4 is 11.1 Å². The van der Waals surface area contributed by atoms with Crippen LogP contribution in [0.4, 0.5) is 0 Å². The number of hydrogen-bond acceptors (Lipinski definition) is 8. The van der Waals surface area contributed by atoms with Crippen molar-refractivity contribution >= 4 is 23.6 Å². The summed E-state index contributed by atoms with van der Waals surface area (Å²) in [6.07, 6.45) is -1.44. The minimum Gasteiger partial charge on any atom is -0.480 e. The molecule has 0 aliphatic carbocycles. The summed E-state index contributed by atoms with van der Waals surface area (Å²) in [4.78, 5) is 49.6. The van der Waals surface area contributed by atoms with E-state index in [2.05, 4.69) is 5.32 Å². The van der Waals surface area contributed by atoms with E-state index >= 15 is 0 Å². The number of carboxylic acid groups (broad SMARTS) is 1. The summed E-state index contributed by atoms with van der Waals surface area (Å²) < 4.78 is 16.6. The van der Waals surface area contributed by atoms with Gasteiger partial charge in [0.25, 0.3) is 0 Å². The molecule has 4 atom stereocenters. The number of ketones is 1. The van der Waals surface area contributed by atoms with E-state index in [0.717, 1.165) is 0 Å². The minimum atomic E-state index is -1.52. The molecule has 0 rings (SSSR count). The van der Waals surface area contributed by atoms with Crippen molar-refractivity contribution in [2.45, 2.75) is 117 Å². The third kappa shape index (κ3) is 14.3. The Kier molecular flexibility index (Phi) is 11.8. The Morgan fingerprint density at radius 2 is 1.41 bits per heavy atom. The van der Waals surface area contributed by atoms with Crippen LogP contribution in [0.1, 0.15) is 82.1 Å². The van der Waals surface area contributed by atoms with Gasteiger partial charge in [-0.2, -0.15) is 0 Å². The molecule has 10 nitrogen and oxygen atoms in total. The lowest BCUT2D eigenvalue weighted by atomic mass is 9.95. The Bertz CT molecular complexity index is 716. The quantitative estimate of drug-likeness (QED) is 0.351. The fourth-order valence-electron chi connectivity index (χ4n) is 2.89. The summed E-state index contributed by atoms with van der Waals surface area (Å²) in [5.74, 6) is -4.34. The Hall–Kier alpha value is -2.04. The van der Waals surface area contributed by atoms with Crippen LogP contribution in [0.2, 0.25) is 0 Å². The molecule has 0 aromatic carbocycles. The Labute approximate surface area is 203 Å². The zero-order chi connectivity index (χ0) is 27.1. The van der Waals surface area contributed by atoms with E-state index in [-0.39, 0.29) is 13.0 Å². The Balaban J connectivity index is 5.49. The predicted molar refractivity (Wildman–Crippen MR) is 127 cm³/mol. The second kappa shape index (κ2) is 12.6. The molecule has 1 amide bonds. The van der Waals surface area contributed by atoms with Crippen LogP contribution in [-0.2, 0) is 33.4 Å². The number of rotatable bonds is 12. The van der Waals surface area contributed by atoms with Gasteiger partial charge in [0, 0.05) is 6.42 Å². The van der Waals surface area contributed by atoms with Gasteiger partial charge in [0.1, 0.15) is 11.6 Å². The van der Waals surface area contributed by atoms with Crippen LogP contribution >= 0.6 is 0 Å². The fourth-order valence-corrected chi connectivity index (χ4v) is 2.89. The molecule has 0 saturated carbocycles. The van der Waals surface area contributed by atoms with E-state index in [9.17, 15) is 24.3 Å². The van der Waals surface area contributed by atoms with Crippen LogP contribution in [0.5, 0.6) is 0 Å². The lowest BCUT2D eigenvalue weighted by Gasteiger charge is -2.29. The number of Topliss-reactive ketones (excluding diaryl/α,β-unsaturated/α-hetero) is 1. The van der Waals surface area contributed by atoms with E-state index < -0.39 is 71.0 Å². The van der Waals surface area contributed by atoms with Gasteiger partial charge in [0.2, 0.25) is 5.91 Å². The molecule has 10 heteroatoms. The molecule has 0 fully saturated rings. The molecule has 4 N–H and O–H groups in total. The molecule has 0 aliphatic rings. The zero-order valence-corrected chi connectivity index (χ0v) is 22.3. The lowest BCUT2D eigenvalue weighted by molar-refractivity contribution is -0.159. The molecule has 0 heterocycles. The Morgan fingerprint density at radius 3 is 1.82 bits per heavy atom. The number of aliphatic carboxylic acids is 1. The van der Waals surface area contributed by atoms with E-state index in [1.807, 2.05) is 20.8 Å². The summed E-state index contributed by atoms with van der Waals surface area (Å²) in [5.41, 5.74) is 4.15. The topological polar surface area (TPSA) is 154 Å². The van der Waals surface area contributed by atoms with Crippen molar-refractivity contribution in [3.05, 3.63) is 0 Å². The number of esters is 1. The molecular weight excluding hydrogens is 444 g/mol. The second-order valence-corrected chi connectivity index (χ2v) is 11.4. The number of hydrogen-bond donors (Lipinski definition) is 3. The first-order chi connectivity index (χ1) is 15.1. The van der Waals surface area contributed by atoms with Gasteiger partial charge in [-0.1, -0.05) is 0 Å². The molecule has 0 saturated heterocycles. The summed E-state index contributed by atoms with van der Waals surface area (Å²) >= 11 is 0. The molecule has 0 unspecified atom stereocenters. The van der Waals surface area contributed by atoms with Crippen LogP contribution in [0.3, 0.4) is 0 Å². The highest BCUT2D eigenvalue weighted by molar-refractivity contribution is 5.92. The average Bonchev–Trinajstić information content (AvgIpc) is 2.59. The number of amides is 1. The van der Waals surface area contributed by atoms with Crippen molar-refractivity contribution in [1.29, 1.82) is 0 Å². The smallest absolute Gasteiger partial charge is 0.326 e. The van der Waals surface area contributed by atoms with Gasteiger partial charge < -0.3 is 30.4 Å². The van der Waals surface area contributed by atoms with Crippen LogP contribution in [0.25, 0.3) is 0 Å². The number of nitrogens with one attached hydrogen (secondary N) is 1. The second-order valence-electron chi connectivity index (χ2n) is 11.4. The van der Waals surface area contributed by atoms with Gasteiger partial charge in [-0.25, -0.2) is 4.79 Å². The third-order valence-corrected chi connectivity index (χ3v) is 4.36. The maximum absolute atomic E-state index is 13.0. The number of carbonyl (C=O) groups is 4. The van der Waals surface area contributed by atoms with Crippen molar-refractivity contribution in [2.24, 2.45) is 11.7 Å². The van der Waals surface area contributed by atoms with Gasteiger partial charge in [-0.15, -0.1) is 0 Å². The first-order valence-corrected chi connectivity index (χ1v) is 11.5. The van der Waals surface area contributed by atoms with Crippen molar-refractivity contribution < 1.29 is 38.5 Å². The van der Waals surface area contributed by atoms with Crippen molar-refractivity contribution in [3.63, 3.8) is 0 Å². The van der Waals surface area contributed by atoms with E-state index in [0.29, 0.717) is 0 Å². The van der Waals surface area contributed by atoms with Crippen molar-refractivity contribution in [1.82, 2.24) is 5.32 Å². The fraction of sp³-hybridized carbons (Fsp3) is 0.833. The molecule has 0 aliphatic heterocycles. The monoisotopic (exact) mass is 488 g/mol. The highest BCUT2D eigenvalue weighted by atomic mass is 16.6. The number of ether oxygens (including phenoxy) is 3. The third-order valence-electron chi connectivity index (χ3n) is 4.36. The molecule has 0 radical (unpaired) electrons. The average molecular weight is 489 g/mol. The molecule has 0 bridgehead atoms. The molecule has 0 aromatic heterocycles. The van der Waals surface area contributed by atoms with Crippen LogP contribution in [0, 0.1) is 5.92 Å². The summed E-state index contributed by atoms with van der Waals surface area (Å²) in [7, 11) is 0. The highest BCUT2D eigenvalue weighted by Crippen LogP contribution is 2.18. The van der Waals surface area contributed by atoms with E-state index in [1.165, 1.54) is 0 Å². The van der Waals surface area contributed by atoms with Crippen LogP contribution in [0.15, 0.2) is 0 Å². The standard InChI is InChI=1S/C24H44N2O8/c1-14(33-23(5,6)7)19(25)17(27)11-15(13-32-22(2,3)4)20(29)26-16(21(30)31)12-18(28)34-24(8,9)10/h14-16,19H,11-13,25H2,1-10H3,(H,26,29)(H,30,31)/t14-,15+,16+,19+/m1/s1. The largest absolute Gasteiger partial charge is 0.480 e. The summed E-state index contributed by atoms with van der Waals surface area (Å²) in [6, 6.07) is -2.51. The lowest BCUT2D eigenvalue weighted by Crippen LogP contribution is -2.49.